The lowest BCUT2D eigenvalue weighted by Crippen LogP contribution is -2.39. The molecule has 0 heterocycles. The summed E-state index contributed by atoms with van der Waals surface area (Å²) >= 11 is 0. The topological polar surface area (TPSA) is 57.7 Å². The van der Waals surface area contributed by atoms with E-state index in [4.69, 9.17) is 0 Å². The van der Waals surface area contributed by atoms with Gasteiger partial charge in [-0.2, -0.15) is 0 Å². The summed E-state index contributed by atoms with van der Waals surface area (Å²) < 4.78 is 23.8. The average molecular weight is 310 g/mol. The molecule has 0 spiro atoms. The summed E-state index contributed by atoms with van der Waals surface area (Å²) in [5.74, 6) is -0.0108. The maximum absolute atomic E-state index is 12.2. The fourth-order valence-electron chi connectivity index (χ4n) is 2.61. The number of sulfonamides is 1. The molecule has 0 atom stereocenters. The highest BCUT2D eigenvalue weighted by Crippen LogP contribution is 2.25. The number of rotatable bonds is 5. The van der Waals surface area contributed by atoms with E-state index in [2.05, 4.69) is 12.1 Å². The van der Waals surface area contributed by atoms with E-state index in [9.17, 15) is 13.2 Å². The molecule has 116 valence electrons. The smallest absolute Gasteiger partial charge is 0.223 e. The second-order valence-electron chi connectivity index (χ2n) is 5.67. The number of amides is 1. The molecule has 21 heavy (non-hydrogen) atoms. The fraction of sp³-hybridized carbons (Fsp3) is 0.533. The summed E-state index contributed by atoms with van der Waals surface area (Å²) in [6.07, 6.45) is 3.11. The molecule has 0 bridgehead atoms. The molecule has 1 aromatic carbocycles. The van der Waals surface area contributed by atoms with Crippen LogP contribution >= 0.6 is 0 Å². The van der Waals surface area contributed by atoms with Gasteiger partial charge in [0.2, 0.25) is 15.9 Å². The molecule has 1 amide bonds. The normalized spacial score (nSPS) is 15.2. The van der Waals surface area contributed by atoms with Crippen molar-refractivity contribution in [2.24, 2.45) is 0 Å². The third-order valence-corrected chi connectivity index (χ3v) is 5.49. The van der Waals surface area contributed by atoms with Crippen molar-refractivity contribution in [2.45, 2.75) is 25.3 Å². The largest absolute Gasteiger partial charge is 0.342 e. The zero-order chi connectivity index (χ0) is 15.6. The average Bonchev–Trinajstić information content (AvgIpc) is 2.86. The van der Waals surface area contributed by atoms with Crippen LogP contribution in [-0.4, -0.2) is 56.5 Å². The van der Waals surface area contributed by atoms with Crippen molar-refractivity contribution in [3.05, 3.63) is 35.4 Å². The monoisotopic (exact) mass is 310 g/mol. The highest BCUT2D eigenvalue weighted by molar-refractivity contribution is 7.88. The Bertz CT molecular complexity index is 603. The Hall–Kier alpha value is -1.40. The van der Waals surface area contributed by atoms with Crippen molar-refractivity contribution in [1.82, 2.24) is 9.21 Å². The van der Waals surface area contributed by atoms with E-state index in [0.717, 1.165) is 19.1 Å². The number of likely N-dealkylation sites (N-methyl/N-ethyl adjacent to an activating group) is 1. The molecule has 0 radical (unpaired) electrons. The molecule has 1 aliphatic rings. The zero-order valence-electron chi connectivity index (χ0n) is 12.7. The van der Waals surface area contributed by atoms with Gasteiger partial charge in [-0.05, 0) is 24.0 Å². The number of hydrogen-bond donors (Lipinski definition) is 0. The lowest BCUT2D eigenvalue weighted by Gasteiger charge is -2.25. The molecule has 0 unspecified atom stereocenters. The van der Waals surface area contributed by atoms with E-state index in [1.165, 1.54) is 22.5 Å². The van der Waals surface area contributed by atoms with Gasteiger partial charge in [-0.3, -0.25) is 4.79 Å². The Kier molecular flexibility index (Phi) is 4.68. The first kappa shape index (κ1) is 16.0. The van der Waals surface area contributed by atoms with E-state index in [-0.39, 0.29) is 24.9 Å². The van der Waals surface area contributed by atoms with Gasteiger partial charge in [0.1, 0.15) is 0 Å². The first-order valence-corrected chi connectivity index (χ1v) is 8.87. The number of fused-ring (bicyclic) bond motifs is 1. The molecular formula is C15H22N2O3S. The minimum atomic E-state index is -3.22. The minimum absolute atomic E-state index is 0.0108. The summed E-state index contributed by atoms with van der Waals surface area (Å²) in [5.41, 5.74) is 2.60. The number of hydrogen-bond acceptors (Lipinski definition) is 3. The highest BCUT2D eigenvalue weighted by Gasteiger charge is 2.27. The van der Waals surface area contributed by atoms with Crippen molar-refractivity contribution in [3.8, 4) is 0 Å². The third-order valence-electron chi connectivity index (χ3n) is 4.18. The molecule has 5 nitrogen and oxygen atoms in total. The first-order chi connectivity index (χ1) is 9.79. The molecule has 1 aliphatic carbocycles. The van der Waals surface area contributed by atoms with Crippen LogP contribution in [0.5, 0.6) is 0 Å². The molecule has 0 N–H and O–H groups in total. The van der Waals surface area contributed by atoms with Gasteiger partial charge >= 0.3 is 0 Å². The summed E-state index contributed by atoms with van der Waals surface area (Å²) in [6.45, 7) is 0.224. The summed E-state index contributed by atoms with van der Waals surface area (Å²) in [7, 11) is 0.0747. The zero-order valence-corrected chi connectivity index (χ0v) is 13.6. The van der Waals surface area contributed by atoms with E-state index in [1.807, 2.05) is 12.1 Å². The van der Waals surface area contributed by atoms with Crippen LogP contribution in [0.15, 0.2) is 24.3 Å². The summed E-state index contributed by atoms with van der Waals surface area (Å²) in [6, 6.07) is 8.42. The maximum atomic E-state index is 12.2. The van der Waals surface area contributed by atoms with Crippen LogP contribution in [0, 0.1) is 0 Å². The summed E-state index contributed by atoms with van der Waals surface area (Å²) in [4.78, 5) is 14.0. The second kappa shape index (κ2) is 6.15. The number of carbonyl (C=O) groups is 1. The summed E-state index contributed by atoms with van der Waals surface area (Å²) in [5, 5.41) is 0. The second-order valence-corrected chi connectivity index (χ2v) is 7.76. The highest BCUT2D eigenvalue weighted by atomic mass is 32.2. The molecule has 0 saturated carbocycles. The van der Waals surface area contributed by atoms with Crippen LogP contribution in [0.1, 0.15) is 17.5 Å². The molecule has 1 aromatic rings. The first-order valence-electron chi connectivity index (χ1n) is 7.03. The van der Waals surface area contributed by atoms with Crippen LogP contribution in [0.2, 0.25) is 0 Å². The van der Waals surface area contributed by atoms with Crippen LogP contribution in [0.4, 0.5) is 0 Å². The van der Waals surface area contributed by atoms with E-state index < -0.39 is 10.0 Å². The Morgan fingerprint density at radius 2 is 1.71 bits per heavy atom. The van der Waals surface area contributed by atoms with Crippen molar-refractivity contribution in [2.75, 3.05) is 26.9 Å². The molecule has 0 fully saturated rings. The Balaban J connectivity index is 1.90. The predicted molar refractivity (Wildman–Crippen MR) is 82.5 cm³/mol. The van der Waals surface area contributed by atoms with Crippen molar-refractivity contribution >= 4 is 15.9 Å². The molecule has 0 aliphatic heterocycles. The van der Waals surface area contributed by atoms with Gasteiger partial charge in [-0.25, -0.2) is 12.7 Å². The van der Waals surface area contributed by atoms with Gasteiger partial charge in [-0.1, -0.05) is 24.3 Å². The van der Waals surface area contributed by atoms with Gasteiger partial charge in [0.05, 0.1) is 6.26 Å². The molecular weight excluding hydrogens is 288 g/mol. The minimum Gasteiger partial charge on any atom is -0.342 e. The van der Waals surface area contributed by atoms with Gasteiger partial charge in [0.15, 0.2) is 0 Å². The van der Waals surface area contributed by atoms with Gasteiger partial charge in [-0.15, -0.1) is 0 Å². The van der Waals surface area contributed by atoms with E-state index in [1.54, 1.807) is 11.9 Å². The lowest BCUT2D eigenvalue weighted by atomic mass is 10.1. The Labute approximate surface area is 126 Å². The molecule has 0 aromatic heterocycles. The van der Waals surface area contributed by atoms with Crippen molar-refractivity contribution in [1.29, 1.82) is 0 Å². The third kappa shape index (κ3) is 3.83. The number of benzene rings is 1. The molecule has 0 saturated heterocycles. The van der Waals surface area contributed by atoms with Crippen LogP contribution in [0.25, 0.3) is 0 Å². The Morgan fingerprint density at radius 3 is 2.19 bits per heavy atom. The number of nitrogens with zero attached hydrogens (tertiary/aromatic N) is 2. The molecule has 6 heteroatoms. The lowest BCUT2D eigenvalue weighted by molar-refractivity contribution is -0.131. The van der Waals surface area contributed by atoms with Gasteiger partial charge in [0, 0.05) is 33.1 Å². The quantitative estimate of drug-likeness (QED) is 0.812. The van der Waals surface area contributed by atoms with Gasteiger partial charge in [0.25, 0.3) is 0 Å². The van der Waals surface area contributed by atoms with Crippen molar-refractivity contribution in [3.63, 3.8) is 0 Å². The maximum Gasteiger partial charge on any atom is 0.223 e. The molecule has 2 rings (SSSR count). The van der Waals surface area contributed by atoms with Crippen LogP contribution in [-0.2, 0) is 27.7 Å². The standard InChI is InChI=1S/C15H22N2O3S/c1-16(21(3,19)20)9-8-15(18)17(2)14-10-12-6-4-5-7-13(12)11-14/h4-7,14H,8-11H2,1-3H3. The number of carbonyl (C=O) groups excluding carboxylic acids is 1. The van der Waals surface area contributed by atoms with Crippen molar-refractivity contribution < 1.29 is 13.2 Å². The fourth-order valence-corrected chi connectivity index (χ4v) is 3.03. The van der Waals surface area contributed by atoms with E-state index >= 15 is 0 Å². The van der Waals surface area contributed by atoms with Gasteiger partial charge < -0.3 is 4.90 Å². The predicted octanol–water partition coefficient (Wildman–Crippen LogP) is 0.894. The van der Waals surface area contributed by atoms with Crippen LogP contribution in [0.3, 0.4) is 0 Å². The SMILES string of the molecule is CN(C(=O)CCN(C)S(C)(=O)=O)C1Cc2ccccc2C1. The Morgan fingerprint density at radius 1 is 1.19 bits per heavy atom. The van der Waals surface area contributed by atoms with E-state index in [0.29, 0.717) is 0 Å². The van der Waals surface area contributed by atoms with Crippen LogP contribution < -0.4 is 0 Å².